The number of carbonyl (C=O) groups excluding carboxylic acids is 1. The summed E-state index contributed by atoms with van der Waals surface area (Å²) >= 11 is 0. The van der Waals surface area contributed by atoms with E-state index in [0.29, 0.717) is 44.8 Å². The van der Waals surface area contributed by atoms with Crippen molar-refractivity contribution in [3.05, 3.63) is 53.7 Å². The summed E-state index contributed by atoms with van der Waals surface area (Å²) in [5.74, 6) is 0.699. The Balaban J connectivity index is 1.34. The molecular weight excluding hydrogens is 703 g/mol. The first-order chi connectivity index (χ1) is 25.5. The SMILES string of the molecule is CC(C)(C)OC(=O)N1CC[C@H](O[Si](C)(C)C(C)(C)C)[C@H]1COc1nc2c(c(N3CCN(C(=O)O)C(CC#N)C3)n1)CCN(c1cccc3ccccc13)C2. The summed E-state index contributed by atoms with van der Waals surface area (Å²) in [6, 6.07) is 16.1. The number of ether oxygens (including phenoxy) is 2. The predicted molar refractivity (Wildman–Crippen MR) is 211 cm³/mol. The van der Waals surface area contributed by atoms with Gasteiger partial charge < -0.3 is 33.7 Å². The molecule has 0 radical (unpaired) electrons. The molecular formula is C40H55N7O6Si. The molecule has 3 aliphatic heterocycles. The van der Waals surface area contributed by atoms with Gasteiger partial charge in [-0.1, -0.05) is 57.2 Å². The average Bonchev–Trinajstić information content (AvgIpc) is 3.50. The molecule has 14 heteroatoms. The van der Waals surface area contributed by atoms with Gasteiger partial charge in [0.05, 0.1) is 42.9 Å². The molecule has 2 aromatic carbocycles. The summed E-state index contributed by atoms with van der Waals surface area (Å²) in [5.41, 5.74) is 2.28. The van der Waals surface area contributed by atoms with Crippen LogP contribution in [-0.4, -0.2) is 108 Å². The Morgan fingerprint density at radius 2 is 1.70 bits per heavy atom. The van der Waals surface area contributed by atoms with Crippen LogP contribution in [0.1, 0.15) is 65.6 Å². The summed E-state index contributed by atoms with van der Waals surface area (Å²) in [6.45, 7) is 19.5. The molecule has 4 heterocycles. The molecule has 290 valence electrons. The smallest absolute Gasteiger partial charge is 0.410 e. The molecule has 1 aromatic heterocycles. The number of hydrogen-bond donors (Lipinski definition) is 1. The van der Waals surface area contributed by atoms with Crippen LogP contribution in [0.15, 0.2) is 42.5 Å². The lowest BCUT2D eigenvalue weighted by Crippen LogP contribution is -2.55. The zero-order valence-electron chi connectivity index (χ0n) is 33.0. The maximum atomic E-state index is 13.6. The Morgan fingerprint density at radius 1 is 0.963 bits per heavy atom. The number of rotatable bonds is 8. The van der Waals surface area contributed by atoms with Crippen molar-refractivity contribution < 1.29 is 28.6 Å². The van der Waals surface area contributed by atoms with Crippen molar-refractivity contribution in [2.45, 2.75) is 109 Å². The van der Waals surface area contributed by atoms with Crippen LogP contribution >= 0.6 is 0 Å². The van der Waals surface area contributed by atoms with Gasteiger partial charge in [0.1, 0.15) is 18.0 Å². The summed E-state index contributed by atoms with van der Waals surface area (Å²) in [5, 5.41) is 21.7. The number of carbonyl (C=O) groups is 2. The Morgan fingerprint density at radius 3 is 2.41 bits per heavy atom. The van der Waals surface area contributed by atoms with E-state index in [1.54, 1.807) is 4.90 Å². The van der Waals surface area contributed by atoms with Crippen LogP contribution in [0.2, 0.25) is 18.1 Å². The summed E-state index contributed by atoms with van der Waals surface area (Å²) in [7, 11) is -2.22. The summed E-state index contributed by atoms with van der Waals surface area (Å²) < 4.78 is 19.3. The van der Waals surface area contributed by atoms with Crippen molar-refractivity contribution >= 4 is 42.8 Å². The number of benzene rings is 2. The molecule has 3 aromatic rings. The van der Waals surface area contributed by atoms with Gasteiger partial charge in [-0.15, -0.1) is 0 Å². The number of aromatic nitrogens is 2. The number of carboxylic acid groups (broad SMARTS) is 1. The van der Waals surface area contributed by atoms with E-state index in [1.807, 2.05) is 26.8 Å². The van der Waals surface area contributed by atoms with Crippen LogP contribution in [0.3, 0.4) is 0 Å². The molecule has 3 atom stereocenters. The zero-order valence-corrected chi connectivity index (χ0v) is 34.0. The minimum atomic E-state index is -2.22. The first-order valence-electron chi connectivity index (χ1n) is 19.0. The van der Waals surface area contributed by atoms with Crippen molar-refractivity contribution in [2.24, 2.45) is 0 Å². The van der Waals surface area contributed by atoms with E-state index in [9.17, 15) is 20.0 Å². The molecule has 2 saturated heterocycles. The van der Waals surface area contributed by atoms with E-state index < -0.39 is 38.2 Å². The number of likely N-dealkylation sites (tertiary alicyclic amines) is 1. The first-order valence-corrected chi connectivity index (χ1v) is 21.9. The molecule has 13 nitrogen and oxygen atoms in total. The third-order valence-corrected chi connectivity index (χ3v) is 15.7. The average molecular weight is 758 g/mol. The van der Waals surface area contributed by atoms with Crippen molar-refractivity contribution in [1.29, 1.82) is 5.26 Å². The number of anilines is 2. The highest BCUT2D eigenvalue weighted by Gasteiger charge is 2.46. The molecule has 0 aliphatic carbocycles. The number of amides is 2. The van der Waals surface area contributed by atoms with Gasteiger partial charge in [0, 0.05) is 49.4 Å². The largest absolute Gasteiger partial charge is 0.465 e. The normalized spacial score (nSPS) is 20.8. The lowest BCUT2D eigenvalue weighted by Gasteiger charge is -2.41. The fraction of sp³-hybridized carbons (Fsp3) is 0.575. The van der Waals surface area contributed by atoms with E-state index in [-0.39, 0.29) is 36.7 Å². The van der Waals surface area contributed by atoms with Gasteiger partial charge in [-0.2, -0.15) is 15.2 Å². The van der Waals surface area contributed by atoms with Gasteiger partial charge in [0.2, 0.25) is 0 Å². The fourth-order valence-corrected chi connectivity index (χ4v) is 8.79. The Hall–Kier alpha value is -4.61. The number of fused-ring (bicyclic) bond motifs is 2. The molecule has 3 aliphatic rings. The van der Waals surface area contributed by atoms with Crippen LogP contribution < -0.4 is 14.5 Å². The molecule has 6 rings (SSSR count). The van der Waals surface area contributed by atoms with E-state index in [1.165, 1.54) is 4.90 Å². The third-order valence-electron chi connectivity index (χ3n) is 11.2. The van der Waals surface area contributed by atoms with Crippen LogP contribution in [0, 0.1) is 11.3 Å². The summed E-state index contributed by atoms with van der Waals surface area (Å²) in [6.07, 6.45) is -0.289. The second-order valence-corrected chi connectivity index (χ2v) is 21.9. The summed E-state index contributed by atoms with van der Waals surface area (Å²) in [4.78, 5) is 43.1. The monoisotopic (exact) mass is 757 g/mol. The number of piperazine rings is 1. The highest BCUT2D eigenvalue weighted by Crippen LogP contribution is 2.40. The van der Waals surface area contributed by atoms with Crippen molar-refractivity contribution in [1.82, 2.24) is 19.8 Å². The number of hydrogen-bond acceptors (Lipinski definition) is 10. The van der Waals surface area contributed by atoms with E-state index in [0.717, 1.165) is 34.3 Å². The maximum absolute atomic E-state index is 13.6. The van der Waals surface area contributed by atoms with Crippen LogP contribution in [0.25, 0.3) is 10.8 Å². The van der Waals surface area contributed by atoms with Gasteiger partial charge >= 0.3 is 18.2 Å². The molecule has 2 amide bonds. The second-order valence-electron chi connectivity index (χ2n) is 17.1. The van der Waals surface area contributed by atoms with Gasteiger partial charge in [0.15, 0.2) is 8.32 Å². The fourth-order valence-electron chi connectivity index (χ4n) is 7.41. The topological polar surface area (TPSA) is 145 Å². The second kappa shape index (κ2) is 15.3. The van der Waals surface area contributed by atoms with Gasteiger partial charge in [-0.25, -0.2) is 9.59 Å². The lowest BCUT2D eigenvalue weighted by molar-refractivity contribution is 0.00921. The molecule has 0 saturated carbocycles. The molecule has 1 unspecified atom stereocenters. The van der Waals surface area contributed by atoms with Crippen LogP contribution in [0.5, 0.6) is 6.01 Å². The highest BCUT2D eigenvalue weighted by molar-refractivity contribution is 6.74. The van der Waals surface area contributed by atoms with E-state index >= 15 is 0 Å². The first kappa shape index (κ1) is 39.1. The molecule has 1 N–H and O–H groups in total. The zero-order chi connectivity index (χ0) is 39.0. The number of nitrogens with zero attached hydrogens (tertiary/aromatic N) is 7. The predicted octanol–water partition coefficient (Wildman–Crippen LogP) is 7.05. The standard InChI is InChI=1S/C40H55N7O6Si/c1-39(2,3)52-38(50)47-21-18-34(53-54(7,8)40(4,5)6)33(47)26-51-36-42-31-25-44(32-15-11-13-27-12-9-10-14-29(27)32)20-17-30(31)35(43-36)45-22-23-46(37(48)49)28(24-45)16-19-41/h9-15,28,33-34H,16-18,20-26H2,1-8H3,(H,48,49)/t28?,33-,34+/m1/s1. The quantitative estimate of drug-likeness (QED) is 0.236. The molecule has 0 spiro atoms. The van der Waals surface area contributed by atoms with Crippen molar-refractivity contribution in [3.8, 4) is 12.1 Å². The van der Waals surface area contributed by atoms with Crippen molar-refractivity contribution in [3.63, 3.8) is 0 Å². The van der Waals surface area contributed by atoms with Gasteiger partial charge in [0.25, 0.3) is 0 Å². The Bertz CT molecular complexity index is 1900. The maximum Gasteiger partial charge on any atom is 0.410 e. The highest BCUT2D eigenvalue weighted by atomic mass is 28.4. The van der Waals surface area contributed by atoms with Gasteiger partial charge in [-0.05, 0) is 63.2 Å². The lowest BCUT2D eigenvalue weighted by atomic mass is 10.0. The Kier molecular flexibility index (Phi) is 11.0. The Labute approximate surface area is 319 Å². The third kappa shape index (κ3) is 8.37. The van der Waals surface area contributed by atoms with Crippen LogP contribution in [-0.2, 0) is 22.1 Å². The molecule has 2 fully saturated rings. The van der Waals surface area contributed by atoms with Crippen LogP contribution in [0.4, 0.5) is 21.1 Å². The minimum absolute atomic E-state index is 0.0295. The van der Waals surface area contributed by atoms with E-state index in [4.69, 9.17) is 23.9 Å². The minimum Gasteiger partial charge on any atom is -0.465 e. The van der Waals surface area contributed by atoms with Gasteiger partial charge in [-0.3, -0.25) is 4.90 Å². The molecule has 0 bridgehead atoms. The van der Waals surface area contributed by atoms with E-state index in [2.05, 4.69) is 86.1 Å². The van der Waals surface area contributed by atoms with Crippen molar-refractivity contribution in [2.75, 3.05) is 49.1 Å². The molecule has 54 heavy (non-hydrogen) atoms. The number of nitriles is 1.